The highest BCUT2D eigenvalue weighted by atomic mass is 35.5. The fourth-order valence-electron chi connectivity index (χ4n) is 7.72. The van der Waals surface area contributed by atoms with E-state index >= 15 is 4.39 Å². The van der Waals surface area contributed by atoms with Gasteiger partial charge in [-0.1, -0.05) is 22.9 Å². The number of Topliss-reactive ketones (excluding diaryl/α,β-unsaturated/α-hetero) is 1. The van der Waals surface area contributed by atoms with Crippen LogP contribution in [-0.4, -0.2) is 82.2 Å². The molecule has 44 heavy (non-hydrogen) atoms. The molecule has 3 N–H and O–H groups in total. The molecular weight excluding hydrogens is 615 g/mol. The van der Waals surface area contributed by atoms with Crippen molar-refractivity contribution in [3.05, 3.63) is 34.9 Å². The van der Waals surface area contributed by atoms with Crippen molar-refractivity contribution >= 4 is 60.8 Å². The van der Waals surface area contributed by atoms with Gasteiger partial charge in [0.2, 0.25) is 0 Å². The fourth-order valence-corrected chi connectivity index (χ4v) is 8.77. The summed E-state index contributed by atoms with van der Waals surface area (Å²) in [6.45, 7) is 2.47. The van der Waals surface area contributed by atoms with Gasteiger partial charge in [0.15, 0.2) is 10.9 Å². The van der Waals surface area contributed by atoms with Crippen molar-refractivity contribution in [3.8, 4) is 17.1 Å². The lowest BCUT2D eigenvalue weighted by Crippen LogP contribution is -2.62. The van der Waals surface area contributed by atoms with Gasteiger partial charge in [0.1, 0.15) is 35.7 Å². The summed E-state index contributed by atoms with van der Waals surface area (Å²) in [4.78, 5) is 30.4. The van der Waals surface area contributed by atoms with Crippen LogP contribution >= 0.6 is 22.9 Å². The van der Waals surface area contributed by atoms with E-state index in [4.69, 9.17) is 27.1 Å². The van der Waals surface area contributed by atoms with E-state index in [1.165, 1.54) is 12.1 Å². The van der Waals surface area contributed by atoms with Crippen molar-refractivity contribution in [1.29, 1.82) is 0 Å². The predicted octanol–water partition coefficient (Wildman–Crippen LogP) is 4.89. The number of ether oxygens (including phenoxy) is 1. The van der Waals surface area contributed by atoms with Gasteiger partial charge in [-0.2, -0.15) is 9.97 Å². The molecule has 0 amide bonds. The van der Waals surface area contributed by atoms with E-state index in [0.29, 0.717) is 50.1 Å². The number of nitrogens with two attached hydrogens (primary N) is 1. The molecule has 9 nitrogen and oxygen atoms in total. The molecule has 0 aliphatic carbocycles. The van der Waals surface area contributed by atoms with E-state index in [-0.39, 0.29) is 67.5 Å². The SMILES string of the molecule is Nc1nc2c(-c3c(Cl)cc4c(N5C6CNCC5CC(=O)C6)nc(OC[C@@]56CCCN5C[C@H](F)C6)nc4c3F)ccc(F)c2s1. The maximum absolute atomic E-state index is 16.8. The lowest BCUT2D eigenvalue weighted by atomic mass is 9.90. The third-order valence-corrected chi connectivity index (χ3v) is 10.8. The summed E-state index contributed by atoms with van der Waals surface area (Å²) in [5.41, 5.74) is 5.92. The summed E-state index contributed by atoms with van der Waals surface area (Å²) in [7, 11) is 0. The number of nitrogen functional groups attached to an aromatic ring is 1. The Morgan fingerprint density at radius 1 is 1.16 bits per heavy atom. The largest absolute Gasteiger partial charge is 0.461 e. The monoisotopic (exact) mass is 643 g/mol. The number of nitrogens with one attached hydrogen (secondary N) is 1. The number of hydrogen-bond acceptors (Lipinski definition) is 10. The topological polar surface area (TPSA) is 110 Å². The molecule has 6 heterocycles. The number of halogens is 4. The standard InChI is InChI=1S/C30H29ClF3N7O2S/c31-20-8-19-24(23(34)22(20)18-2-3-21(33)26-25(18)37-28(35)44-26)38-29(43-13-30-4-1-5-40(30)12-14(32)9-30)39-27(19)41-15-6-17(42)7-16(41)11-36-10-15/h2-3,8,14-16,36H,1,4-7,9-13H2,(H2,35,37)/t14-,15?,16?,30+/m1/s1. The number of piperidine rings is 1. The van der Waals surface area contributed by atoms with Gasteiger partial charge >= 0.3 is 6.01 Å². The number of rotatable bonds is 5. The third-order valence-electron chi connectivity index (χ3n) is 9.57. The van der Waals surface area contributed by atoms with Crippen molar-refractivity contribution in [2.75, 3.05) is 43.4 Å². The zero-order chi connectivity index (χ0) is 30.3. The maximum atomic E-state index is 16.8. The molecule has 230 valence electrons. The number of hydrogen-bond donors (Lipinski definition) is 2. The summed E-state index contributed by atoms with van der Waals surface area (Å²) in [5, 5.41) is 3.97. The first-order valence-electron chi connectivity index (χ1n) is 14.8. The number of nitrogens with zero attached hydrogens (tertiary/aromatic N) is 5. The smallest absolute Gasteiger partial charge is 0.319 e. The Morgan fingerprint density at radius 2 is 1.95 bits per heavy atom. The quantitative estimate of drug-likeness (QED) is 0.314. The van der Waals surface area contributed by atoms with Crippen LogP contribution in [0.4, 0.5) is 24.1 Å². The molecule has 2 aromatic carbocycles. The maximum Gasteiger partial charge on any atom is 0.319 e. The Labute approximate surface area is 259 Å². The molecule has 4 saturated heterocycles. The number of piperazine rings is 1. The predicted molar refractivity (Wildman–Crippen MR) is 163 cm³/mol. The van der Waals surface area contributed by atoms with Crippen LogP contribution in [0.25, 0.3) is 32.2 Å². The van der Waals surface area contributed by atoms with Crippen LogP contribution < -0.4 is 20.7 Å². The van der Waals surface area contributed by atoms with Crippen LogP contribution in [0, 0.1) is 11.6 Å². The zero-order valence-corrected chi connectivity index (χ0v) is 25.2. The van der Waals surface area contributed by atoms with Crippen molar-refractivity contribution in [1.82, 2.24) is 25.2 Å². The number of aromatic nitrogens is 3. The van der Waals surface area contributed by atoms with Crippen molar-refractivity contribution in [2.45, 2.75) is 55.9 Å². The van der Waals surface area contributed by atoms with Crippen LogP contribution in [-0.2, 0) is 4.79 Å². The van der Waals surface area contributed by atoms with Gasteiger partial charge in [-0.25, -0.2) is 18.2 Å². The Hall–Kier alpha value is -3.26. The average Bonchev–Trinajstić information content (AvgIpc) is 3.64. The molecule has 2 bridgehead atoms. The number of carbonyl (C=O) groups is 1. The van der Waals surface area contributed by atoms with E-state index in [1.54, 1.807) is 6.07 Å². The van der Waals surface area contributed by atoms with E-state index in [0.717, 1.165) is 30.7 Å². The molecule has 14 heteroatoms. The molecule has 4 aliphatic heterocycles. The van der Waals surface area contributed by atoms with Gasteiger partial charge in [-0.15, -0.1) is 0 Å². The van der Waals surface area contributed by atoms with E-state index in [9.17, 15) is 13.6 Å². The Balaban J connectivity index is 1.29. The minimum Gasteiger partial charge on any atom is -0.461 e. The first kappa shape index (κ1) is 28.2. The Kier molecular flexibility index (Phi) is 6.67. The molecule has 4 fully saturated rings. The summed E-state index contributed by atoms with van der Waals surface area (Å²) >= 11 is 7.77. The highest BCUT2D eigenvalue weighted by Crippen LogP contribution is 2.45. The van der Waals surface area contributed by atoms with E-state index < -0.39 is 23.3 Å². The van der Waals surface area contributed by atoms with Crippen molar-refractivity contribution in [2.24, 2.45) is 0 Å². The number of anilines is 2. The number of alkyl halides is 1. The summed E-state index contributed by atoms with van der Waals surface area (Å²) in [5.74, 6) is -0.649. The number of carbonyl (C=O) groups excluding carboxylic acids is 1. The minimum absolute atomic E-state index is 0.0115. The van der Waals surface area contributed by atoms with Crippen molar-refractivity contribution in [3.63, 3.8) is 0 Å². The summed E-state index contributed by atoms with van der Waals surface area (Å²) in [6, 6.07) is 3.86. The van der Waals surface area contributed by atoms with Gasteiger partial charge in [-0.3, -0.25) is 9.69 Å². The van der Waals surface area contributed by atoms with Crippen LogP contribution in [0.15, 0.2) is 18.2 Å². The van der Waals surface area contributed by atoms with E-state index in [2.05, 4.69) is 25.1 Å². The highest BCUT2D eigenvalue weighted by Gasteiger charge is 2.49. The first-order valence-corrected chi connectivity index (χ1v) is 16.0. The molecule has 2 aromatic heterocycles. The zero-order valence-electron chi connectivity index (χ0n) is 23.6. The Bertz CT molecular complexity index is 1830. The van der Waals surface area contributed by atoms with Gasteiger partial charge < -0.3 is 20.7 Å². The van der Waals surface area contributed by atoms with Crippen LogP contribution in [0.1, 0.15) is 32.1 Å². The molecule has 4 aliphatic rings. The molecular formula is C30H29ClF3N7O2S. The molecule has 8 rings (SSSR count). The van der Waals surface area contributed by atoms with Gasteiger partial charge in [0.25, 0.3) is 0 Å². The molecule has 0 saturated carbocycles. The Morgan fingerprint density at radius 3 is 2.75 bits per heavy atom. The number of benzene rings is 2. The van der Waals surface area contributed by atoms with Crippen LogP contribution in [0.5, 0.6) is 6.01 Å². The van der Waals surface area contributed by atoms with Gasteiger partial charge in [-0.05, 0) is 37.6 Å². The second-order valence-corrected chi connectivity index (χ2v) is 13.7. The highest BCUT2D eigenvalue weighted by molar-refractivity contribution is 7.22. The second-order valence-electron chi connectivity index (χ2n) is 12.3. The third kappa shape index (κ3) is 4.42. The van der Waals surface area contributed by atoms with Crippen LogP contribution in [0.3, 0.4) is 0 Å². The number of ketones is 1. The molecule has 0 spiro atoms. The lowest BCUT2D eigenvalue weighted by molar-refractivity contribution is -0.121. The minimum atomic E-state index is -0.931. The van der Waals surface area contributed by atoms with Crippen LogP contribution in [0.2, 0.25) is 5.02 Å². The van der Waals surface area contributed by atoms with Gasteiger partial charge in [0, 0.05) is 55.4 Å². The summed E-state index contributed by atoms with van der Waals surface area (Å²) < 4.78 is 52.3. The normalized spacial score (nSPS) is 27.0. The molecule has 2 unspecified atom stereocenters. The molecule has 4 atom stereocenters. The fraction of sp³-hybridized carbons (Fsp3) is 0.467. The van der Waals surface area contributed by atoms with Crippen molar-refractivity contribution < 1.29 is 22.7 Å². The average molecular weight is 644 g/mol. The summed E-state index contributed by atoms with van der Waals surface area (Å²) in [6.07, 6.45) is 1.83. The van der Waals surface area contributed by atoms with Gasteiger partial charge in [0.05, 0.1) is 32.9 Å². The first-order chi connectivity index (χ1) is 21.2. The molecule has 0 radical (unpaired) electrons. The number of thiazole rings is 1. The second kappa shape index (κ2) is 10.4. The number of fused-ring (bicyclic) bond motifs is 5. The van der Waals surface area contributed by atoms with E-state index in [1.807, 2.05) is 0 Å². The lowest BCUT2D eigenvalue weighted by Gasteiger charge is -2.46. The molecule has 4 aromatic rings.